The van der Waals surface area contributed by atoms with E-state index in [0.29, 0.717) is 23.4 Å². The second-order valence-electron chi connectivity index (χ2n) is 7.05. The largest absolute Gasteiger partial charge is 0.342 e. The summed E-state index contributed by atoms with van der Waals surface area (Å²) in [6.07, 6.45) is 2.86. The van der Waals surface area contributed by atoms with Crippen molar-refractivity contribution in [3.63, 3.8) is 0 Å². The number of carbonyl (C=O) groups is 1. The van der Waals surface area contributed by atoms with Crippen molar-refractivity contribution in [1.82, 2.24) is 15.0 Å². The summed E-state index contributed by atoms with van der Waals surface area (Å²) in [4.78, 5) is 19.1. The van der Waals surface area contributed by atoms with Gasteiger partial charge in [0.2, 0.25) is 17.6 Å². The number of carbonyl (C=O) groups excluding carboxylic acids is 1. The van der Waals surface area contributed by atoms with Gasteiger partial charge in [0.1, 0.15) is 0 Å². The lowest BCUT2D eigenvalue weighted by Crippen LogP contribution is -2.41. The maximum absolute atomic E-state index is 12.6. The highest BCUT2D eigenvalue weighted by atomic mass is 32.2. The van der Waals surface area contributed by atoms with Gasteiger partial charge in [-0.25, -0.2) is 0 Å². The number of nitrogens with zero attached hydrogens (tertiary/aromatic N) is 3. The van der Waals surface area contributed by atoms with Gasteiger partial charge >= 0.3 is 0 Å². The van der Waals surface area contributed by atoms with Crippen LogP contribution in [0.25, 0.3) is 11.4 Å². The summed E-state index contributed by atoms with van der Waals surface area (Å²) < 4.78 is 5.44. The molecule has 1 aliphatic rings. The molecule has 0 spiro atoms. The summed E-state index contributed by atoms with van der Waals surface area (Å²) in [6, 6.07) is 12.3. The number of aromatic nitrogens is 2. The molecule has 4 rings (SSSR count). The lowest BCUT2D eigenvalue weighted by Gasteiger charge is -2.32. The highest BCUT2D eigenvalue weighted by molar-refractivity contribution is 7.99. The summed E-state index contributed by atoms with van der Waals surface area (Å²) in [5, 5.41) is 8.11. The average Bonchev–Trinajstić information content (AvgIpc) is 3.41. The SMILES string of the molecule is O=C(CSCc1ccccc1)N1CCC[C@@H](Cc2nc(-c3ccsc3)no2)C1. The van der Waals surface area contributed by atoms with E-state index >= 15 is 0 Å². The minimum Gasteiger partial charge on any atom is -0.342 e. The number of thioether (sulfide) groups is 1. The number of likely N-dealkylation sites (tertiary alicyclic amines) is 1. The first-order chi connectivity index (χ1) is 13.8. The Morgan fingerprint density at radius 2 is 2.18 bits per heavy atom. The lowest BCUT2D eigenvalue weighted by molar-refractivity contribution is -0.130. The van der Waals surface area contributed by atoms with E-state index in [-0.39, 0.29) is 5.91 Å². The van der Waals surface area contributed by atoms with Crippen LogP contribution in [0.4, 0.5) is 0 Å². The molecular formula is C21H23N3O2S2. The molecule has 1 saturated heterocycles. The van der Waals surface area contributed by atoms with Crippen molar-refractivity contribution in [3.05, 3.63) is 58.6 Å². The number of hydrogen-bond donors (Lipinski definition) is 0. The minimum absolute atomic E-state index is 0.232. The third kappa shape index (κ3) is 5.02. The Kier molecular flexibility index (Phi) is 6.44. The zero-order valence-electron chi connectivity index (χ0n) is 15.6. The third-order valence-electron chi connectivity index (χ3n) is 4.92. The smallest absolute Gasteiger partial charge is 0.232 e. The monoisotopic (exact) mass is 413 g/mol. The summed E-state index contributed by atoms with van der Waals surface area (Å²) in [7, 11) is 0. The first kappa shape index (κ1) is 19.2. The van der Waals surface area contributed by atoms with Crippen LogP contribution in [0.3, 0.4) is 0 Å². The Morgan fingerprint density at radius 3 is 3.00 bits per heavy atom. The van der Waals surface area contributed by atoms with Gasteiger partial charge in [0.05, 0.1) is 5.75 Å². The zero-order chi connectivity index (χ0) is 19.2. The van der Waals surface area contributed by atoms with Gasteiger partial charge < -0.3 is 9.42 Å². The number of hydrogen-bond acceptors (Lipinski definition) is 6. The fraction of sp³-hybridized carbons (Fsp3) is 0.381. The molecule has 1 aliphatic heterocycles. The van der Waals surface area contributed by atoms with E-state index < -0.39 is 0 Å². The van der Waals surface area contributed by atoms with E-state index in [2.05, 4.69) is 22.3 Å². The van der Waals surface area contributed by atoms with Gasteiger partial charge in [-0.3, -0.25) is 4.79 Å². The van der Waals surface area contributed by atoms with Gasteiger partial charge in [-0.2, -0.15) is 16.3 Å². The van der Waals surface area contributed by atoms with Crippen molar-refractivity contribution in [2.45, 2.75) is 25.0 Å². The summed E-state index contributed by atoms with van der Waals surface area (Å²) in [5.74, 6) is 3.33. The van der Waals surface area contributed by atoms with E-state index in [4.69, 9.17) is 4.52 Å². The van der Waals surface area contributed by atoms with Crippen LogP contribution in [0, 0.1) is 5.92 Å². The van der Waals surface area contributed by atoms with Crippen molar-refractivity contribution in [2.24, 2.45) is 5.92 Å². The molecular weight excluding hydrogens is 390 g/mol. The molecule has 1 amide bonds. The van der Waals surface area contributed by atoms with Gasteiger partial charge in [0.25, 0.3) is 0 Å². The molecule has 0 N–H and O–H groups in total. The predicted octanol–water partition coefficient (Wildman–Crippen LogP) is 4.51. The van der Waals surface area contributed by atoms with Crippen LogP contribution >= 0.6 is 23.1 Å². The van der Waals surface area contributed by atoms with Gasteiger partial charge in [-0.15, -0.1) is 11.8 Å². The van der Waals surface area contributed by atoms with E-state index in [1.165, 1.54) is 5.56 Å². The predicted molar refractivity (Wildman–Crippen MR) is 113 cm³/mol. The molecule has 146 valence electrons. The normalized spacial score (nSPS) is 17.0. The van der Waals surface area contributed by atoms with Gasteiger partial charge in [0.15, 0.2) is 0 Å². The Morgan fingerprint density at radius 1 is 1.29 bits per heavy atom. The second-order valence-corrected chi connectivity index (χ2v) is 8.82. The topological polar surface area (TPSA) is 59.2 Å². The average molecular weight is 414 g/mol. The van der Waals surface area contributed by atoms with Crippen LogP contribution in [-0.2, 0) is 17.0 Å². The van der Waals surface area contributed by atoms with Crippen molar-refractivity contribution >= 4 is 29.0 Å². The van der Waals surface area contributed by atoms with Crippen molar-refractivity contribution < 1.29 is 9.32 Å². The molecule has 0 radical (unpaired) electrons. The third-order valence-corrected chi connectivity index (χ3v) is 6.59. The van der Waals surface area contributed by atoms with Crippen molar-refractivity contribution in [1.29, 1.82) is 0 Å². The molecule has 0 aliphatic carbocycles. The molecule has 3 aromatic rings. The van der Waals surface area contributed by atoms with Crippen LogP contribution < -0.4 is 0 Å². The van der Waals surface area contributed by atoms with Gasteiger partial charge in [0, 0.05) is 36.2 Å². The number of thiophene rings is 1. The van der Waals surface area contributed by atoms with E-state index in [0.717, 1.165) is 43.7 Å². The summed E-state index contributed by atoms with van der Waals surface area (Å²) >= 11 is 3.30. The van der Waals surface area contributed by atoms with Crippen LogP contribution in [0.1, 0.15) is 24.3 Å². The molecule has 0 saturated carbocycles. The molecule has 1 aromatic carbocycles. The Bertz CT molecular complexity index is 880. The van der Waals surface area contributed by atoms with E-state index in [9.17, 15) is 4.79 Å². The molecule has 0 unspecified atom stereocenters. The van der Waals surface area contributed by atoms with Crippen LogP contribution in [0.5, 0.6) is 0 Å². The fourth-order valence-corrected chi connectivity index (χ4v) is 5.00. The van der Waals surface area contributed by atoms with E-state index in [1.54, 1.807) is 23.1 Å². The second kappa shape index (κ2) is 9.39. The molecule has 3 heterocycles. The van der Waals surface area contributed by atoms with Crippen LogP contribution in [-0.4, -0.2) is 39.8 Å². The van der Waals surface area contributed by atoms with Crippen molar-refractivity contribution in [3.8, 4) is 11.4 Å². The van der Waals surface area contributed by atoms with Gasteiger partial charge in [-0.05, 0) is 35.8 Å². The molecule has 7 heteroatoms. The standard InChI is InChI=1S/C21H23N3O2S2/c25-20(15-28-13-16-5-2-1-3-6-16)24-9-4-7-17(12-24)11-19-22-21(23-26-19)18-8-10-27-14-18/h1-3,5-6,8,10,14,17H,4,7,9,11-13,15H2/t17-/m0/s1. The number of rotatable bonds is 7. The van der Waals surface area contributed by atoms with E-state index in [1.807, 2.05) is 39.9 Å². The van der Waals surface area contributed by atoms with Gasteiger partial charge in [-0.1, -0.05) is 35.5 Å². The Hall–Kier alpha value is -2.12. The highest BCUT2D eigenvalue weighted by Crippen LogP contribution is 2.24. The number of benzene rings is 1. The highest BCUT2D eigenvalue weighted by Gasteiger charge is 2.25. The van der Waals surface area contributed by atoms with Crippen molar-refractivity contribution in [2.75, 3.05) is 18.8 Å². The quantitative estimate of drug-likeness (QED) is 0.570. The van der Waals surface area contributed by atoms with Crippen LogP contribution in [0.15, 0.2) is 51.7 Å². The molecule has 5 nitrogen and oxygen atoms in total. The lowest BCUT2D eigenvalue weighted by atomic mass is 9.95. The molecule has 28 heavy (non-hydrogen) atoms. The summed E-state index contributed by atoms with van der Waals surface area (Å²) in [5.41, 5.74) is 2.26. The Labute approximate surface area is 173 Å². The Balaban J connectivity index is 1.26. The first-order valence-electron chi connectivity index (χ1n) is 9.52. The molecule has 2 aromatic heterocycles. The van der Waals surface area contributed by atoms with Crippen LogP contribution in [0.2, 0.25) is 0 Å². The maximum atomic E-state index is 12.6. The number of amides is 1. The first-order valence-corrected chi connectivity index (χ1v) is 11.6. The molecule has 0 bridgehead atoms. The fourth-order valence-electron chi connectivity index (χ4n) is 3.47. The summed E-state index contributed by atoms with van der Waals surface area (Å²) in [6.45, 7) is 1.63. The zero-order valence-corrected chi connectivity index (χ0v) is 17.3. The minimum atomic E-state index is 0.232. The molecule has 1 atom stereocenters. The maximum Gasteiger partial charge on any atom is 0.232 e. The molecule has 1 fully saturated rings. The number of piperidine rings is 1.